The summed E-state index contributed by atoms with van der Waals surface area (Å²) in [4.78, 5) is 14.9. The molecule has 1 amide bonds. The number of rotatable bonds is 3. The van der Waals surface area contributed by atoms with Gasteiger partial charge in [-0.05, 0) is 41.0 Å². The van der Waals surface area contributed by atoms with Gasteiger partial charge in [0.25, 0.3) is 5.91 Å². The second-order valence-corrected chi connectivity index (χ2v) is 7.21. The Morgan fingerprint density at radius 1 is 1.19 bits per heavy atom. The quantitative estimate of drug-likeness (QED) is 0.773. The van der Waals surface area contributed by atoms with Crippen LogP contribution >= 0.6 is 0 Å². The number of tetrazole rings is 1. The highest BCUT2D eigenvalue weighted by Crippen LogP contribution is 2.34. The van der Waals surface area contributed by atoms with Crippen molar-refractivity contribution in [1.29, 1.82) is 0 Å². The first-order valence-corrected chi connectivity index (χ1v) is 8.98. The zero-order valence-corrected chi connectivity index (χ0v) is 15.1. The van der Waals surface area contributed by atoms with Crippen molar-refractivity contribution in [2.75, 3.05) is 13.1 Å². The largest absolute Gasteiger partial charge is 0.507 e. The summed E-state index contributed by atoms with van der Waals surface area (Å²) in [5, 5.41) is 21.4. The van der Waals surface area contributed by atoms with Gasteiger partial charge >= 0.3 is 0 Å². The average molecular weight is 363 g/mol. The van der Waals surface area contributed by atoms with Gasteiger partial charge in [0.15, 0.2) is 0 Å². The number of nitrogens with zero attached hydrogens (tertiary/aromatic N) is 5. The van der Waals surface area contributed by atoms with E-state index in [2.05, 4.69) is 34.6 Å². The number of carbonyl (C=O) groups is 1. The lowest BCUT2D eigenvalue weighted by Crippen LogP contribution is -2.47. The zero-order chi connectivity index (χ0) is 18.9. The molecule has 2 heterocycles. The van der Waals surface area contributed by atoms with E-state index in [1.54, 1.807) is 12.1 Å². The molecule has 3 aromatic rings. The molecule has 1 aliphatic heterocycles. The molecule has 0 saturated carbocycles. The predicted octanol–water partition coefficient (Wildman–Crippen LogP) is 2.56. The van der Waals surface area contributed by atoms with Gasteiger partial charge in [-0.25, -0.2) is 4.68 Å². The van der Waals surface area contributed by atoms with Crippen molar-refractivity contribution >= 4 is 5.91 Å². The van der Waals surface area contributed by atoms with Gasteiger partial charge in [-0.2, -0.15) is 0 Å². The van der Waals surface area contributed by atoms with Crippen molar-refractivity contribution in [3.05, 3.63) is 66.0 Å². The highest BCUT2D eigenvalue weighted by molar-refractivity contribution is 5.97. The first-order chi connectivity index (χ1) is 13.1. The van der Waals surface area contributed by atoms with Crippen LogP contribution in [0.5, 0.6) is 5.75 Å². The summed E-state index contributed by atoms with van der Waals surface area (Å²) in [5.74, 6) is -0.224. The van der Waals surface area contributed by atoms with Crippen molar-refractivity contribution in [1.82, 2.24) is 25.1 Å². The van der Waals surface area contributed by atoms with Crippen LogP contribution in [0.15, 0.2) is 54.9 Å². The predicted molar refractivity (Wildman–Crippen MR) is 99.8 cm³/mol. The maximum absolute atomic E-state index is 13.1. The number of hydrogen-bond donors (Lipinski definition) is 1. The number of benzene rings is 2. The third kappa shape index (κ3) is 3.28. The van der Waals surface area contributed by atoms with E-state index in [4.69, 9.17) is 0 Å². The van der Waals surface area contributed by atoms with Crippen LogP contribution in [0.1, 0.15) is 35.7 Å². The molecule has 27 heavy (non-hydrogen) atoms. The summed E-state index contributed by atoms with van der Waals surface area (Å²) in [6.07, 6.45) is 3.40. The van der Waals surface area contributed by atoms with Gasteiger partial charge in [0.1, 0.15) is 12.1 Å². The molecule has 7 nitrogen and oxygen atoms in total. The molecule has 0 bridgehead atoms. The minimum absolute atomic E-state index is 0.0695. The van der Waals surface area contributed by atoms with Crippen molar-refractivity contribution < 1.29 is 9.90 Å². The average Bonchev–Trinajstić information content (AvgIpc) is 3.23. The molecule has 0 aliphatic carbocycles. The Hall–Kier alpha value is -3.22. The summed E-state index contributed by atoms with van der Waals surface area (Å²) >= 11 is 0. The van der Waals surface area contributed by atoms with Crippen LogP contribution in [0, 0.1) is 0 Å². The van der Waals surface area contributed by atoms with Crippen LogP contribution in [0.3, 0.4) is 0 Å². The fourth-order valence-corrected chi connectivity index (χ4v) is 3.78. The van der Waals surface area contributed by atoms with Crippen LogP contribution in [0.4, 0.5) is 0 Å². The molecule has 0 spiro atoms. The summed E-state index contributed by atoms with van der Waals surface area (Å²) in [6.45, 7) is 3.52. The van der Waals surface area contributed by atoms with E-state index >= 15 is 0 Å². The Labute approximate surface area is 157 Å². The van der Waals surface area contributed by atoms with Crippen molar-refractivity contribution in [2.24, 2.45) is 0 Å². The van der Waals surface area contributed by atoms with Gasteiger partial charge in [0.2, 0.25) is 0 Å². The Bertz CT molecular complexity index is 942. The standard InChI is InChI=1S/C20H21N5O2/c1-20(15-6-3-2-4-7-15)10-5-11-24(13-20)19(27)17-9-8-16(12-18(17)26)25-14-21-22-23-25/h2-4,6-9,12,14,26H,5,10-11,13H2,1H3/t20-/m0/s1. The second-order valence-electron chi connectivity index (χ2n) is 7.21. The normalized spacial score (nSPS) is 19.8. The van der Waals surface area contributed by atoms with E-state index in [-0.39, 0.29) is 17.1 Å². The molecule has 7 heteroatoms. The molecule has 1 N–H and O–H groups in total. The minimum Gasteiger partial charge on any atom is -0.507 e. The lowest BCUT2D eigenvalue weighted by molar-refractivity contribution is 0.0648. The van der Waals surface area contributed by atoms with Gasteiger partial charge in [-0.1, -0.05) is 37.3 Å². The van der Waals surface area contributed by atoms with Crippen molar-refractivity contribution in [2.45, 2.75) is 25.2 Å². The first-order valence-electron chi connectivity index (χ1n) is 8.98. The number of piperidine rings is 1. The molecule has 2 aromatic carbocycles. The molecular formula is C20H21N5O2. The lowest BCUT2D eigenvalue weighted by Gasteiger charge is -2.41. The van der Waals surface area contributed by atoms with Gasteiger partial charge in [-0.15, -0.1) is 5.10 Å². The monoisotopic (exact) mass is 363 g/mol. The molecular weight excluding hydrogens is 342 g/mol. The highest BCUT2D eigenvalue weighted by Gasteiger charge is 2.35. The Kier molecular flexibility index (Phi) is 4.35. The summed E-state index contributed by atoms with van der Waals surface area (Å²) in [6, 6.07) is 15.2. The van der Waals surface area contributed by atoms with Gasteiger partial charge < -0.3 is 10.0 Å². The number of phenolic OH excluding ortho intramolecular Hbond substituents is 1. The van der Waals surface area contributed by atoms with Crippen molar-refractivity contribution in [3.8, 4) is 11.4 Å². The summed E-state index contributed by atoms with van der Waals surface area (Å²) in [7, 11) is 0. The molecule has 1 saturated heterocycles. The van der Waals surface area contributed by atoms with Crippen LogP contribution in [-0.4, -0.2) is 49.2 Å². The Balaban J connectivity index is 1.57. The fraction of sp³-hybridized carbons (Fsp3) is 0.300. The smallest absolute Gasteiger partial charge is 0.257 e. The van der Waals surface area contributed by atoms with Crippen LogP contribution in [0.2, 0.25) is 0 Å². The van der Waals surface area contributed by atoms with E-state index < -0.39 is 0 Å². The maximum atomic E-state index is 13.1. The number of hydrogen-bond acceptors (Lipinski definition) is 5. The SMILES string of the molecule is C[C@]1(c2ccccc2)CCCN(C(=O)c2ccc(-n3cnnn3)cc2O)C1. The first kappa shape index (κ1) is 17.2. The van der Waals surface area contributed by atoms with Crippen molar-refractivity contribution in [3.63, 3.8) is 0 Å². The topological polar surface area (TPSA) is 84.1 Å². The van der Waals surface area contributed by atoms with E-state index in [9.17, 15) is 9.90 Å². The van der Waals surface area contributed by atoms with Gasteiger partial charge in [0, 0.05) is 24.6 Å². The number of carbonyl (C=O) groups excluding carboxylic acids is 1. The van der Waals surface area contributed by atoms with E-state index in [0.717, 1.165) is 12.8 Å². The second kappa shape index (κ2) is 6.83. The van der Waals surface area contributed by atoms with Gasteiger partial charge in [-0.3, -0.25) is 4.79 Å². The maximum Gasteiger partial charge on any atom is 0.257 e. The fourth-order valence-electron chi connectivity index (χ4n) is 3.78. The molecule has 1 aromatic heterocycles. The number of phenols is 1. The summed E-state index contributed by atoms with van der Waals surface area (Å²) in [5.41, 5.74) is 2.05. The third-order valence-electron chi connectivity index (χ3n) is 5.28. The molecule has 0 radical (unpaired) electrons. The van der Waals surface area contributed by atoms with Crippen LogP contribution < -0.4 is 0 Å². The Morgan fingerprint density at radius 3 is 2.70 bits per heavy atom. The number of aromatic nitrogens is 4. The van der Waals surface area contributed by atoms with E-state index in [1.165, 1.54) is 22.6 Å². The van der Waals surface area contributed by atoms with E-state index in [1.807, 2.05) is 23.1 Å². The Morgan fingerprint density at radius 2 is 2.00 bits per heavy atom. The zero-order valence-electron chi connectivity index (χ0n) is 15.1. The highest BCUT2D eigenvalue weighted by atomic mass is 16.3. The van der Waals surface area contributed by atoms with E-state index in [0.29, 0.717) is 24.3 Å². The van der Waals surface area contributed by atoms with Crippen LogP contribution in [0.25, 0.3) is 5.69 Å². The molecule has 1 atom stereocenters. The molecule has 0 unspecified atom stereocenters. The van der Waals surface area contributed by atoms with Crippen LogP contribution in [-0.2, 0) is 5.41 Å². The number of aromatic hydroxyl groups is 1. The number of likely N-dealkylation sites (tertiary alicyclic amines) is 1. The molecule has 138 valence electrons. The molecule has 1 fully saturated rings. The minimum atomic E-state index is -0.155. The third-order valence-corrected chi connectivity index (χ3v) is 5.28. The molecule has 1 aliphatic rings. The molecule has 4 rings (SSSR count). The lowest BCUT2D eigenvalue weighted by atomic mass is 9.76. The number of amides is 1. The summed E-state index contributed by atoms with van der Waals surface area (Å²) < 4.78 is 1.43. The van der Waals surface area contributed by atoms with Gasteiger partial charge in [0.05, 0.1) is 11.3 Å².